The van der Waals surface area contributed by atoms with Crippen LogP contribution in [0, 0.1) is 0 Å². The van der Waals surface area contributed by atoms with Gasteiger partial charge in [-0.15, -0.1) is 10.2 Å². The molecular formula is C17H20ClN3O2S. The van der Waals surface area contributed by atoms with Gasteiger partial charge in [0.25, 0.3) is 0 Å². The van der Waals surface area contributed by atoms with Crippen LogP contribution in [0.4, 0.5) is 5.13 Å². The molecule has 0 atom stereocenters. The third-order valence-electron chi connectivity index (χ3n) is 3.77. The molecule has 0 bridgehead atoms. The fourth-order valence-corrected chi connectivity index (χ4v) is 3.43. The van der Waals surface area contributed by atoms with Crippen LogP contribution in [0.2, 0.25) is 5.02 Å². The van der Waals surface area contributed by atoms with Gasteiger partial charge in [0.2, 0.25) is 11.0 Å². The molecule has 0 aliphatic carbocycles. The second-order valence-corrected chi connectivity index (χ2v) is 6.88. The smallest absolute Gasteiger partial charge is 0.226 e. The van der Waals surface area contributed by atoms with Gasteiger partial charge in [0.1, 0.15) is 5.01 Å². The van der Waals surface area contributed by atoms with E-state index in [0.29, 0.717) is 21.6 Å². The number of aromatic nitrogens is 2. The molecule has 2 rings (SSSR count). The fraction of sp³-hybridized carbons (Fsp3) is 0.412. The molecule has 1 heterocycles. The van der Waals surface area contributed by atoms with E-state index in [2.05, 4.69) is 29.4 Å². The number of anilines is 1. The summed E-state index contributed by atoms with van der Waals surface area (Å²) in [6, 6.07) is 6.65. The second-order valence-electron chi connectivity index (χ2n) is 5.44. The lowest BCUT2D eigenvalue weighted by molar-refractivity contribution is -0.116. The molecule has 7 heteroatoms. The Morgan fingerprint density at radius 3 is 2.42 bits per heavy atom. The van der Waals surface area contributed by atoms with Gasteiger partial charge < -0.3 is 5.32 Å². The summed E-state index contributed by atoms with van der Waals surface area (Å²) in [7, 11) is 0. The van der Waals surface area contributed by atoms with Crippen molar-refractivity contribution in [3.63, 3.8) is 0 Å². The molecule has 1 aromatic heterocycles. The Labute approximate surface area is 150 Å². The quantitative estimate of drug-likeness (QED) is 0.688. The zero-order valence-corrected chi connectivity index (χ0v) is 15.3. The highest BCUT2D eigenvalue weighted by Crippen LogP contribution is 2.28. The third-order valence-corrected chi connectivity index (χ3v) is 5.02. The van der Waals surface area contributed by atoms with E-state index >= 15 is 0 Å². The average Bonchev–Trinajstić information content (AvgIpc) is 3.02. The SMILES string of the molecule is CCC(CC)c1nnc(NC(=O)CCC(=O)c2ccc(Cl)cc2)s1. The van der Waals surface area contributed by atoms with Gasteiger partial charge in [-0.05, 0) is 37.1 Å². The number of benzene rings is 1. The van der Waals surface area contributed by atoms with Gasteiger partial charge in [-0.2, -0.15) is 0 Å². The van der Waals surface area contributed by atoms with E-state index in [0.717, 1.165) is 17.8 Å². The van der Waals surface area contributed by atoms with Gasteiger partial charge in [-0.3, -0.25) is 9.59 Å². The van der Waals surface area contributed by atoms with Gasteiger partial charge >= 0.3 is 0 Å². The Kier molecular flexibility index (Phi) is 6.87. The van der Waals surface area contributed by atoms with E-state index in [1.54, 1.807) is 24.3 Å². The molecule has 0 unspecified atom stereocenters. The molecule has 2 aromatic rings. The van der Waals surface area contributed by atoms with Gasteiger partial charge in [0.05, 0.1) is 0 Å². The first kappa shape index (κ1) is 18.5. The lowest BCUT2D eigenvalue weighted by Gasteiger charge is -2.05. The molecule has 0 radical (unpaired) electrons. The Balaban J connectivity index is 1.85. The first-order valence-corrected chi connectivity index (χ1v) is 9.15. The minimum Gasteiger partial charge on any atom is -0.301 e. The highest BCUT2D eigenvalue weighted by molar-refractivity contribution is 7.15. The summed E-state index contributed by atoms with van der Waals surface area (Å²) in [6.45, 7) is 4.21. The predicted molar refractivity (Wildman–Crippen MR) is 96.9 cm³/mol. The summed E-state index contributed by atoms with van der Waals surface area (Å²) >= 11 is 7.19. The van der Waals surface area contributed by atoms with Crippen molar-refractivity contribution < 1.29 is 9.59 Å². The minimum atomic E-state index is -0.232. The van der Waals surface area contributed by atoms with Crippen LogP contribution in [-0.2, 0) is 4.79 Å². The van der Waals surface area contributed by atoms with E-state index in [4.69, 9.17) is 11.6 Å². The molecule has 0 saturated heterocycles. The molecule has 0 spiro atoms. The summed E-state index contributed by atoms with van der Waals surface area (Å²) in [5, 5.41) is 12.9. The van der Waals surface area contributed by atoms with Crippen LogP contribution < -0.4 is 5.32 Å². The monoisotopic (exact) mass is 365 g/mol. The Hall–Kier alpha value is -1.79. The van der Waals surface area contributed by atoms with Crippen LogP contribution in [0.3, 0.4) is 0 Å². The third kappa shape index (κ3) is 5.11. The van der Waals surface area contributed by atoms with Crippen LogP contribution >= 0.6 is 22.9 Å². The van der Waals surface area contributed by atoms with E-state index < -0.39 is 0 Å². The number of halogens is 1. The van der Waals surface area contributed by atoms with Crippen LogP contribution in [0.25, 0.3) is 0 Å². The Bertz CT molecular complexity index is 696. The lowest BCUT2D eigenvalue weighted by Crippen LogP contribution is -2.13. The van der Waals surface area contributed by atoms with Gasteiger partial charge in [-0.25, -0.2) is 0 Å². The summed E-state index contributed by atoms with van der Waals surface area (Å²) in [4.78, 5) is 24.0. The number of Topliss-reactive ketones (excluding diaryl/α,β-unsaturated/α-hetero) is 1. The largest absolute Gasteiger partial charge is 0.301 e. The molecule has 1 amide bonds. The number of ketones is 1. The van der Waals surface area contributed by atoms with Crippen molar-refractivity contribution in [2.24, 2.45) is 0 Å². The zero-order valence-electron chi connectivity index (χ0n) is 13.7. The first-order chi connectivity index (χ1) is 11.5. The van der Waals surface area contributed by atoms with Crippen LogP contribution in [-0.4, -0.2) is 21.9 Å². The Morgan fingerprint density at radius 1 is 1.12 bits per heavy atom. The second kappa shape index (κ2) is 8.89. The van der Waals surface area contributed by atoms with Crippen molar-refractivity contribution in [2.45, 2.75) is 45.4 Å². The highest BCUT2D eigenvalue weighted by atomic mass is 35.5. The molecule has 0 fully saturated rings. The molecule has 1 aromatic carbocycles. The standard InChI is InChI=1S/C17H20ClN3O2S/c1-3-11(4-2)16-20-21-17(24-16)19-15(23)10-9-14(22)12-5-7-13(18)8-6-12/h5-8,11H,3-4,9-10H2,1-2H3,(H,19,21,23). The van der Waals surface area contributed by atoms with Gasteiger partial charge in [-0.1, -0.05) is 36.8 Å². The fourth-order valence-electron chi connectivity index (χ4n) is 2.28. The molecule has 24 heavy (non-hydrogen) atoms. The number of nitrogens with one attached hydrogen (secondary N) is 1. The van der Waals surface area contributed by atoms with Gasteiger partial charge in [0.15, 0.2) is 5.78 Å². The summed E-state index contributed by atoms with van der Waals surface area (Å²) in [6.07, 6.45) is 2.25. The summed E-state index contributed by atoms with van der Waals surface area (Å²) in [5.74, 6) is 0.0565. The molecule has 128 valence electrons. The maximum Gasteiger partial charge on any atom is 0.226 e. The molecule has 0 aliphatic rings. The Morgan fingerprint density at radius 2 is 1.79 bits per heavy atom. The average molecular weight is 366 g/mol. The number of rotatable bonds is 8. The van der Waals surface area contributed by atoms with E-state index in [1.807, 2.05) is 0 Å². The molecule has 5 nitrogen and oxygen atoms in total. The topological polar surface area (TPSA) is 72.0 Å². The number of nitrogens with zero attached hydrogens (tertiary/aromatic N) is 2. The van der Waals surface area contributed by atoms with E-state index in [9.17, 15) is 9.59 Å². The summed E-state index contributed by atoms with van der Waals surface area (Å²) in [5.41, 5.74) is 0.555. The molecule has 0 saturated carbocycles. The number of carbonyl (C=O) groups is 2. The maximum absolute atomic E-state index is 12.0. The first-order valence-electron chi connectivity index (χ1n) is 7.95. The van der Waals surface area contributed by atoms with Crippen molar-refractivity contribution in [3.8, 4) is 0 Å². The summed E-state index contributed by atoms with van der Waals surface area (Å²) < 4.78 is 0. The molecular weight excluding hydrogens is 346 g/mol. The predicted octanol–water partition coefficient (Wildman–Crippen LogP) is 4.70. The minimum absolute atomic E-state index is 0.0863. The van der Waals surface area contributed by atoms with Crippen molar-refractivity contribution >= 4 is 39.8 Å². The number of hydrogen-bond donors (Lipinski definition) is 1. The van der Waals surface area contributed by atoms with Crippen molar-refractivity contribution in [1.82, 2.24) is 10.2 Å². The number of amides is 1. The molecule has 1 N–H and O–H groups in total. The normalized spacial score (nSPS) is 10.8. The van der Waals surface area contributed by atoms with Crippen LogP contribution in [0.1, 0.15) is 60.8 Å². The van der Waals surface area contributed by atoms with Crippen molar-refractivity contribution in [1.29, 1.82) is 0 Å². The van der Waals surface area contributed by atoms with Crippen molar-refractivity contribution in [3.05, 3.63) is 39.9 Å². The maximum atomic E-state index is 12.0. The lowest BCUT2D eigenvalue weighted by atomic mass is 10.1. The highest BCUT2D eigenvalue weighted by Gasteiger charge is 2.15. The van der Waals surface area contributed by atoms with E-state index in [-0.39, 0.29) is 24.5 Å². The van der Waals surface area contributed by atoms with Crippen LogP contribution in [0.5, 0.6) is 0 Å². The van der Waals surface area contributed by atoms with E-state index in [1.165, 1.54) is 11.3 Å². The van der Waals surface area contributed by atoms with Crippen molar-refractivity contribution in [2.75, 3.05) is 5.32 Å². The number of carbonyl (C=O) groups excluding carboxylic acids is 2. The van der Waals surface area contributed by atoms with Gasteiger partial charge in [0, 0.05) is 29.3 Å². The van der Waals surface area contributed by atoms with Crippen LogP contribution in [0.15, 0.2) is 24.3 Å². The zero-order chi connectivity index (χ0) is 17.5. The number of hydrogen-bond acceptors (Lipinski definition) is 5. The molecule has 0 aliphatic heterocycles.